The number of benzene rings is 1. The van der Waals surface area contributed by atoms with Crippen molar-refractivity contribution in [1.29, 1.82) is 0 Å². The van der Waals surface area contributed by atoms with E-state index in [0.717, 1.165) is 17.9 Å². The van der Waals surface area contributed by atoms with Crippen LogP contribution in [-0.4, -0.2) is 22.6 Å². The van der Waals surface area contributed by atoms with Gasteiger partial charge in [-0.1, -0.05) is 40.7 Å². The zero-order chi connectivity index (χ0) is 16.0. The van der Waals surface area contributed by atoms with E-state index >= 15 is 0 Å². The lowest BCUT2D eigenvalue weighted by Gasteiger charge is -2.17. The molecule has 0 aliphatic rings. The molecule has 4 heteroatoms. The Morgan fingerprint density at radius 3 is 2.38 bits per heavy atom. The lowest BCUT2D eigenvalue weighted by atomic mass is 10.1. The van der Waals surface area contributed by atoms with Crippen LogP contribution in [0.5, 0.6) is 5.75 Å². The number of hydrogen-bond acceptors (Lipinski definition) is 3. The van der Waals surface area contributed by atoms with E-state index in [2.05, 4.69) is 52.1 Å². The Bertz CT molecular complexity index is 472. The summed E-state index contributed by atoms with van der Waals surface area (Å²) in [6.45, 7) is 11.4. The highest BCUT2D eigenvalue weighted by molar-refractivity contribution is 7.84. The normalized spacial score (nSPS) is 14.5. The van der Waals surface area contributed by atoms with E-state index in [1.807, 2.05) is 6.07 Å². The third kappa shape index (κ3) is 5.79. The van der Waals surface area contributed by atoms with E-state index in [9.17, 15) is 4.21 Å². The standard InChI is InChI=1S/C17H29NO2S/c1-12(2)14(5)21(19)11-16-9-15(10-18-13(3)4)7-8-17(16)20-6/h7-9,12-14,18H,10-11H2,1-6H3. The summed E-state index contributed by atoms with van der Waals surface area (Å²) in [5.74, 6) is 1.80. The first-order valence-electron chi connectivity index (χ1n) is 7.61. The van der Waals surface area contributed by atoms with Gasteiger partial charge >= 0.3 is 0 Å². The van der Waals surface area contributed by atoms with Gasteiger partial charge in [0.15, 0.2) is 0 Å². The van der Waals surface area contributed by atoms with E-state index < -0.39 is 10.8 Å². The highest BCUT2D eigenvalue weighted by atomic mass is 32.2. The molecule has 0 fully saturated rings. The molecule has 0 radical (unpaired) electrons. The van der Waals surface area contributed by atoms with Gasteiger partial charge < -0.3 is 10.1 Å². The van der Waals surface area contributed by atoms with Gasteiger partial charge in [-0.2, -0.15) is 0 Å². The summed E-state index contributed by atoms with van der Waals surface area (Å²) < 4.78 is 17.9. The van der Waals surface area contributed by atoms with Gasteiger partial charge in [0.1, 0.15) is 5.75 Å². The summed E-state index contributed by atoms with van der Waals surface area (Å²) in [5.41, 5.74) is 2.24. The molecule has 2 unspecified atom stereocenters. The topological polar surface area (TPSA) is 38.3 Å². The smallest absolute Gasteiger partial charge is 0.123 e. The molecule has 0 heterocycles. The van der Waals surface area contributed by atoms with E-state index in [0.29, 0.717) is 17.7 Å². The Labute approximate surface area is 131 Å². The molecule has 0 saturated carbocycles. The van der Waals surface area contributed by atoms with Crippen LogP contribution in [0, 0.1) is 5.92 Å². The molecular formula is C17H29NO2S. The molecule has 0 saturated heterocycles. The fraction of sp³-hybridized carbons (Fsp3) is 0.647. The third-order valence-corrected chi connectivity index (χ3v) is 5.68. The minimum atomic E-state index is -0.879. The van der Waals surface area contributed by atoms with Crippen LogP contribution in [0.2, 0.25) is 0 Å². The molecule has 21 heavy (non-hydrogen) atoms. The molecule has 0 amide bonds. The first-order valence-corrected chi connectivity index (χ1v) is 8.99. The molecule has 1 aromatic carbocycles. The zero-order valence-electron chi connectivity index (χ0n) is 14.1. The molecule has 3 nitrogen and oxygen atoms in total. The maximum absolute atomic E-state index is 12.4. The van der Waals surface area contributed by atoms with Crippen LogP contribution in [0.15, 0.2) is 18.2 Å². The predicted molar refractivity (Wildman–Crippen MR) is 91.1 cm³/mol. The van der Waals surface area contributed by atoms with Gasteiger partial charge in [-0.25, -0.2) is 0 Å². The van der Waals surface area contributed by atoms with E-state index in [4.69, 9.17) is 4.74 Å². The largest absolute Gasteiger partial charge is 0.496 e. The summed E-state index contributed by atoms with van der Waals surface area (Å²) in [6.07, 6.45) is 0. The first-order chi connectivity index (χ1) is 9.85. The Balaban J connectivity index is 2.87. The Morgan fingerprint density at radius 2 is 1.86 bits per heavy atom. The highest BCUT2D eigenvalue weighted by Gasteiger charge is 2.17. The molecule has 120 valence electrons. The Hall–Kier alpha value is -0.870. The molecule has 1 N–H and O–H groups in total. The monoisotopic (exact) mass is 311 g/mol. The Kier molecular flexibility index (Phi) is 7.40. The van der Waals surface area contributed by atoms with Crippen LogP contribution in [-0.2, 0) is 23.1 Å². The average Bonchev–Trinajstić information content (AvgIpc) is 2.44. The van der Waals surface area contributed by atoms with Crippen molar-refractivity contribution in [3.8, 4) is 5.75 Å². The molecule has 1 rings (SSSR count). The van der Waals surface area contributed by atoms with Gasteiger partial charge in [0, 0.05) is 34.2 Å². The molecule has 0 spiro atoms. The van der Waals surface area contributed by atoms with Crippen molar-refractivity contribution in [1.82, 2.24) is 5.32 Å². The lowest BCUT2D eigenvalue weighted by molar-refractivity contribution is 0.411. The van der Waals surface area contributed by atoms with Crippen LogP contribution in [0.1, 0.15) is 45.7 Å². The number of rotatable bonds is 8. The fourth-order valence-electron chi connectivity index (χ4n) is 1.96. The summed E-state index contributed by atoms with van der Waals surface area (Å²) in [6, 6.07) is 6.60. The van der Waals surface area contributed by atoms with Gasteiger partial charge in [-0.15, -0.1) is 0 Å². The highest BCUT2D eigenvalue weighted by Crippen LogP contribution is 2.23. The quantitative estimate of drug-likeness (QED) is 0.798. The van der Waals surface area contributed by atoms with Crippen molar-refractivity contribution in [3.05, 3.63) is 29.3 Å². The maximum atomic E-state index is 12.4. The van der Waals surface area contributed by atoms with Gasteiger partial charge in [-0.05, 0) is 23.6 Å². The SMILES string of the molecule is COc1ccc(CNC(C)C)cc1CS(=O)C(C)C(C)C. The fourth-order valence-corrected chi connectivity index (χ4v) is 3.37. The van der Waals surface area contributed by atoms with Crippen molar-refractivity contribution >= 4 is 10.8 Å². The predicted octanol–water partition coefficient (Wildman–Crippen LogP) is 3.49. The summed E-state index contributed by atoms with van der Waals surface area (Å²) in [5, 5.41) is 3.59. The van der Waals surface area contributed by atoms with E-state index in [-0.39, 0.29) is 5.25 Å². The Morgan fingerprint density at radius 1 is 1.19 bits per heavy atom. The van der Waals surface area contributed by atoms with Crippen molar-refractivity contribution in [2.45, 2.75) is 58.2 Å². The first kappa shape index (κ1) is 18.2. The van der Waals surface area contributed by atoms with Crippen molar-refractivity contribution in [3.63, 3.8) is 0 Å². The lowest BCUT2D eigenvalue weighted by Crippen LogP contribution is -2.22. The molecule has 0 bridgehead atoms. The van der Waals surface area contributed by atoms with Crippen molar-refractivity contribution < 1.29 is 8.95 Å². The summed E-state index contributed by atoms with van der Waals surface area (Å²) in [7, 11) is 0.787. The minimum Gasteiger partial charge on any atom is -0.496 e. The summed E-state index contributed by atoms with van der Waals surface area (Å²) >= 11 is 0. The molecular weight excluding hydrogens is 282 g/mol. The number of nitrogens with one attached hydrogen (secondary N) is 1. The van der Waals surface area contributed by atoms with E-state index in [1.165, 1.54) is 5.56 Å². The van der Waals surface area contributed by atoms with Crippen LogP contribution in [0.3, 0.4) is 0 Å². The van der Waals surface area contributed by atoms with Crippen molar-refractivity contribution in [2.75, 3.05) is 7.11 Å². The average molecular weight is 311 g/mol. The minimum absolute atomic E-state index is 0.187. The molecule has 0 aliphatic heterocycles. The van der Waals surface area contributed by atoms with Crippen LogP contribution < -0.4 is 10.1 Å². The molecule has 2 atom stereocenters. The van der Waals surface area contributed by atoms with Crippen LogP contribution in [0.4, 0.5) is 0 Å². The van der Waals surface area contributed by atoms with Crippen LogP contribution >= 0.6 is 0 Å². The molecule has 1 aromatic rings. The number of ether oxygens (including phenoxy) is 1. The summed E-state index contributed by atoms with van der Waals surface area (Å²) in [4.78, 5) is 0. The second-order valence-corrected chi connectivity index (χ2v) is 7.95. The second kappa shape index (κ2) is 8.54. The number of hydrogen-bond donors (Lipinski definition) is 1. The maximum Gasteiger partial charge on any atom is 0.123 e. The van der Waals surface area contributed by atoms with Gasteiger partial charge in [-0.3, -0.25) is 4.21 Å². The van der Waals surface area contributed by atoms with Crippen molar-refractivity contribution in [2.24, 2.45) is 5.92 Å². The zero-order valence-corrected chi connectivity index (χ0v) is 14.9. The van der Waals surface area contributed by atoms with Gasteiger partial charge in [0.05, 0.1) is 12.9 Å². The van der Waals surface area contributed by atoms with E-state index in [1.54, 1.807) is 7.11 Å². The second-order valence-electron chi connectivity index (χ2n) is 6.16. The van der Waals surface area contributed by atoms with Gasteiger partial charge in [0.2, 0.25) is 0 Å². The molecule has 0 aliphatic carbocycles. The molecule has 0 aromatic heterocycles. The number of methoxy groups -OCH3 is 1. The van der Waals surface area contributed by atoms with Gasteiger partial charge in [0.25, 0.3) is 0 Å². The third-order valence-electron chi connectivity index (χ3n) is 3.71. The van der Waals surface area contributed by atoms with Crippen LogP contribution in [0.25, 0.3) is 0 Å².